The molecule has 3 fully saturated rings. The number of carbonyl (C=O) groups is 1. The first-order valence-corrected chi connectivity index (χ1v) is 10.4. The average Bonchev–Trinajstić information content (AvgIpc) is 2.87. The van der Waals surface area contributed by atoms with Gasteiger partial charge in [-0.15, -0.1) is 0 Å². The molecule has 1 amide bonds. The van der Waals surface area contributed by atoms with Crippen LogP contribution in [0, 0.1) is 34.5 Å². The standard InChI is InChI=1S/C22H35NO3/c1-20(2,26)16-8-7-14-13-6-9-17-21(3,11-10-18(25)23(17)5)19(13)15(24)12-22(14,16)4/h9,13-16,19,24,26H,6-8,10-12H2,1-5H3/t13?,14?,15-,16+,19?,21-,22-/m0/s1. The van der Waals surface area contributed by atoms with Crippen LogP contribution in [0.5, 0.6) is 0 Å². The summed E-state index contributed by atoms with van der Waals surface area (Å²) in [7, 11) is 1.89. The Balaban J connectivity index is 1.74. The molecule has 0 aromatic rings. The lowest BCUT2D eigenvalue weighted by Gasteiger charge is -2.60. The number of hydrogen-bond acceptors (Lipinski definition) is 3. The molecule has 1 saturated heterocycles. The lowest BCUT2D eigenvalue weighted by molar-refractivity contribution is -0.156. The number of hydrogen-bond donors (Lipinski definition) is 2. The van der Waals surface area contributed by atoms with Crippen LogP contribution in [-0.4, -0.2) is 39.8 Å². The molecule has 1 heterocycles. The normalized spacial score (nSPS) is 48.6. The first-order valence-electron chi connectivity index (χ1n) is 10.4. The van der Waals surface area contributed by atoms with Crippen molar-refractivity contribution in [2.24, 2.45) is 34.5 Å². The molecule has 3 unspecified atom stereocenters. The van der Waals surface area contributed by atoms with Gasteiger partial charge in [-0.25, -0.2) is 0 Å². The monoisotopic (exact) mass is 361 g/mol. The van der Waals surface area contributed by atoms with Gasteiger partial charge in [0.25, 0.3) is 0 Å². The molecule has 2 saturated carbocycles. The predicted octanol–water partition coefficient (Wildman–Crippen LogP) is 3.33. The van der Waals surface area contributed by atoms with E-state index in [0.29, 0.717) is 18.3 Å². The van der Waals surface area contributed by atoms with Gasteiger partial charge in [-0.2, -0.15) is 0 Å². The van der Waals surface area contributed by atoms with Crippen LogP contribution in [0.1, 0.15) is 66.2 Å². The minimum atomic E-state index is -0.701. The maximum atomic E-state index is 12.2. The summed E-state index contributed by atoms with van der Waals surface area (Å²) >= 11 is 0. The average molecular weight is 362 g/mol. The summed E-state index contributed by atoms with van der Waals surface area (Å²) in [6, 6.07) is 0. The summed E-state index contributed by atoms with van der Waals surface area (Å²) in [5, 5.41) is 22.1. The summed E-state index contributed by atoms with van der Waals surface area (Å²) < 4.78 is 0. The fourth-order valence-electron chi connectivity index (χ4n) is 7.88. The Morgan fingerprint density at radius 2 is 1.96 bits per heavy atom. The van der Waals surface area contributed by atoms with Crippen LogP contribution in [0.25, 0.3) is 0 Å². The molecule has 2 N–H and O–H groups in total. The van der Waals surface area contributed by atoms with E-state index in [1.54, 1.807) is 0 Å². The highest BCUT2D eigenvalue weighted by molar-refractivity contribution is 5.79. The summed E-state index contributed by atoms with van der Waals surface area (Å²) in [6.07, 6.45) is 7.26. The molecule has 0 bridgehead atoms. The van der Waals surface area contributed by atoms with Gasteiger partial charge < -0.3 is 15.1 Å². The van der Waals surface area contributed by atoms with Crippen LogP contribution in [0.3, 0.4) is 0 Å². The van der Waals surface area contributed by atoms with Gasteiger partial charge in [0.05, 0.1) is 11.7 Å². The van der Waals surface area contributed by atoms with Gasteiger partial charge in [-0.3, -0.25) is 4.79 Å². The van der Waals surface area contributed by atoms with E-state index in [1.807, 2.05) is 25.8 Å². The first-order chi connectivity index (χ1) is 12.0. The number of aliphatic hydroxyl groups is 2. The Labute approximate surface area is 157 Å². The molecular formula is C22H35NO3. The maximum Gasteiger partial charge on any atom is 0.226 e. The van der Waals surface area contributed by atoms with Gasteiger partial charge in [-0.05, 0) is 75.0 Å². The van der Waals surface area contributed by atoms with Gasteiger partial charge in [0.15, 0.2) is 0 Å². The van der Waals surface area contributed by atoms with Crippen LogP contribution in [0.2, 0.25) is 0 Å². The molecule has 0 aromatic heterocycles. The van der Waals surface area contributed by atoms with Crippen LogP contribution in [0.4, 0.5) is 0 Å². The van der Waals surface area contributed by atoms with E-state index in [4.69, 9.17) is 0 Å². The molecule has 3 aliphatic carbocycles. The molecule has 0 radical (unpaired) electrons. The van der Waals surface area contributed by atoms with Crippen LogP contribution in [0.15, 0.2) is 11.8 Å². The zero-order valence-electron chi connectivity index (χ0n) is 17.0. The van der Waals surface area contributed by atoms with Crippen molar-refractivity contribution in [1.29, 1.82) is 0 Å². The number of fused-ring (bicyclic) bond motifs is 5. The molecule has 4 heteroatoms. The number of nitrogens with zero attached hydrogens (tertiary/aromatic N) is 1. The van der Waals surface area contributed by atoms with Gasteiger partial charge >= 0.3 is 0 Å². The van der Waals surface area contributed by atoms with Gasteiger partial charge in [0.1, 0.15) is 0 Å². The van der Waals surface area contributed by atoms with Crippen molar-refractivity contribution in [3.05, 3.63) is 11.8 Å². The fraction of sp³-hybridized carbons (Fsp3) is 0.864. The molecule has 7 atom stereocenters. The number of piperidine rings is 1. The van der Waals surface area contributed by atoms with Crippen molar-refractivity contribution in [3.63, 3.8) is 0 Å². The third kappa shape index (κ3) is 2.30. The van der Waals surface area contributed by atoms with Crippen molar-refractivity contribution in [2.45, 2.75) is 77.9 Å². The first kappa shape index (κ1) is 18.5. The zero-order valence-corrected chi connectivity index (χ0v) is 17.0. The van der Waals surface area contributed by atoms with Crippen LogP contribution >= 0.6 is 0 Å². The van der Waals surface area contributed by atoms with E-state index in [-0.39, 0.29) is 34.7 Å². The summed E-state index contributed by atoms with van der Waals surface area (Å²) in [4.78, 5) is 14.1. The van der Waals surface area contributed by atoms with Gasteiger partial charge in [0, 0.05) is 24.6 Å². The van der Waals surface area contributed by atoms with E-state index < -0.39 is 5.60 Å². The molecule has 4 rings (SSSR count). The quantitative estimate of drug-likeness (QED) is 0.753. The molecular weight excluding hydrogens is 326 g/mol. The third-order valence-corrected chi connectivity index (χ3v) is 8.80. The third-order valence-electron chi connectivity index (χ3n) is 8.80. The summed E-state index contributed by atoms with van der Waals surface area (Å²) in [5.41, 5.74) is 0.318. The van der Waals surface area contributed by atoms with E-state index in [1.165, 1.54) is 0 Å². The highest BCUT2D eigenvalue weighted by Gasteiger charge is 2.63. The minimum absolute atomic E-state index is 0.00305. The molecule has 4 nitrogen and oxygen atoms in total. The van der Waals surface area contributed by atoms with Crippen molar-refractivity contribution < 1.29 is 15.0 Å². The summed E-state index contributed by atoms with van der Waals surface area (Å²) in [6.45, 7) is 8.45. The lowest BCUT2D eigenvalue weighted by atomic mass is 9.47. The van der Waals surface area contributed by atoms with E-state index in [0.717, 1.165) is 37.8 Å². The van der Waals surface area contributed by atoms with E-state index in [2.05, 4.69) is 19.9 Å². The summed E-state index contributed by atoms with van der Waals surface area (Å²) in [5.74, 6) is 1.66. The Morgan fingerprint density at radius 1 is 1.27 bits per heavy atom. The van der Waals surface area contributed by atoms with Crippen molar-refractivity contribution in [3.8, 4) is 0 Å². The molecule has 1 aliphatic heterocycles. The van der Waals surface area contributed by atoms with E-state index in [9.17, 15) is 15.0 Å². The minimum Gasteiger partial charge on any atom is -0.393 e. The number of likely N-dealkylation sites (tertiary alicyclic amines) is 1. The Bertz CT molecular complexity index is 650. The largest absolute Gasteiger partial charge is 0.393 e. The molecule has 146 valence electrons. The van der Waals surface area contributed by atoms with Gasteiger partial charge in [-0.1, -0.05) is 19.9 Å². The van der Waals surface area contributed by atoms with Crippen molar-refractivity contribution >= 4 is 5.91 Å². The molecule has 4 aliphatic rings. The molecule has 26 heavy (non-hydrogen) atoms. The highest BCUT2D eigenvalue weighted by atomic mass is 16.3. The van der Waals surface area contributed by atoms with Crippen LogP contribution in [-0.2, 0) is 4.79 Å². The highest BCUT2D eigenvalue weighted by Crippen LogP contribution is 2.67. The van der Waals surface area contributed by atoms with Gasteiger partial charge in [0.2, 0.25) is 5.91 Å². The lowest BCUT2D eigenvalue weighted by Crippen LogP contribution is -2.59. The predicted molar refractivity (Wildman–Crippen MR) is 101 cm³/mol. The number of rotatable bonds is 1. The Morgan fingerprint density at radius 3 is 2.62 bits per heavy atom. The molecule has 0 spiro atoms. The SMILES string of the molecule is CN1C(=O)CC[C@@]2(C)C1=CCC1C2[C@@H](O)C[C@@]2(C)C1CC[C@@H]2C(C)(C)O. The second-order valence-electron chi connectivity index (χ2n) is 10.6. The molecule has 0 aromatic carbocycles. The second kappa shape index (κ2) is 5.57. The smallest absolute Gasteiger partial charge is 0.226 e. The Hall–Kier alpha value is -0.870. The second-order valence-corrected chi connectivity index (χ2v) is 10.6. The number of aliphatic hydroxyl groups excluding tert-OH is 1. The van der Waals surface area contributed by atoms with E-state index >= 15 is 0 Å². The number of carbonyl (C=O) groups excluding carboxylic acids is 1. The maximum absolute atomic E-state index is 12.2. The topological polar surface area (TPSA) is 60.8 Å². The van der Waals surface area contributed by atoms with Crippen LogP contribution < -0.4 is 0 Å². The number of allylic oxidation sites excluding steroid dienone is 2. The zero-order chi connectivity index (χ0) is 19.1. The van der Waals surface area contributed by atoms with Crippen molar-refractivity contribution in [2.75, 3.05) is 7.05 Å². The van der Waals surface area contributed by atoms with Crippen molar-refractivity contribution in [1.82, 2.24) is 4.90 Å². The number of amides is 1. The Kier molecular flexibility index (Phi) is 3.96. The fourth-order valence-corrected chi connectivity index (χ4v) is 7.88.